The minimum atomic E-state index is -0.669. The summed E-state index contributed by atoms with van der Waals surface area (Å²) in [6, 6.07) is 2.67. The van der Waals surface area contributed by atoms with Crippen molar-refractivity contribution in [2.45, 2.75) is 38.6 Å². The van der Waals surface area contributed by atoms with Crippen LogP contribution < -0.4 is 15.4 Å². The highest BCUT2D eigenvalue weighted by Crippen LogP contribution is 2.18. The van der Waals surface area contributed by atoms with Crippen LogP contribution in [0, 0.1) is 12.8 Å². The van der Waals surface area contributed by atoms with E-state index >= 15 is 0 Å². The molecule has 1 aromatic rings. The standard InChI is InChI=1S/C18H29N3O4.ClH/c1-13-16(18(24)21-15(11-22)12-23)4-5-17(20-13)25-10-2-3-14-6-8-19-9-7-14;/h4-5,14-15,19,22-23H,2-3,6-12H2,1H3,(H,21,24);1H. The molecule has 1 aliphatic rings. The summed E-state index contributed by atoms with van der Waals surface area (Å²) in [5, 5.41) is 24.0. The molecule has 0 radical (unpaired) electrons. The van der Waals surface area contributed by atoms with Gasteiger partial charge >= 0.3 is 0 Å². The van der Waals surface area contributed by atoms with Crippen molar-refractivity contribution in [1.29, 1.82) is 0 Å². The summed E-state index contributed by atoms with van der Waals surface area (Å²) in [5.41, 5.74) is 0.969. The number of aryl methyl sites for hydroxylation is 1. The van der Waals surface area contributed by atoms with Crippen molar-refractivity contribution in [1.82, 2.24) is 15.6 Å². The second-order valence-electron chi connectivity index (χ2n) is 6.50. The SMILES string of the molecule is Cc1nc(OCCCC2CCNCC2)ccc1C(=O)NC(CO)CO.Cl. The number of piperidine rings is 1. The molecule has 8 heteroatoms. The summed E-state index contributed by atoms with van der Waals surface area (Å²) in [7, 11) is 0. The maximum atomic E-state index is 12.1. The van der Waals surface area contributed by atoms with E-state index in [-0.39, 0.29) is 31.5 Å². The van der Waals surface area contributed by atoms with E-state index in [0.29, 0.717) is 23.7 Å². The van der Waals surface area contributed by atoms with E-state index in [1.165, 1.54) is 19.3 Å². The van der Waals surface area contributed by atoms with Crippen LogP contribution in [0.3, 0.4) is 0 Å². The van der Waals surface area contributed by atoms with E-state index in [9.17, 15) is 4.79 Å². The molecule has 148 valence electrons. The molecule has 2 rings (SSSR count). The zero-order valence-electron chi connectivity index (χ0n) is 15.2. The third-order valence-corrected chi connectivity index (χ3v) is 4.55. The van der Waals surface area contributed by atoms with Gasteiger partial charge in [-0.05, 0) is 57.7 Å². The van der Waals surface area contributed by atoms with Gasteiger partial charge in [0, 0.05) is 6.07 Å². The first-order valence-corrected chi connectivity index (χ1v) is 8.97. The maximum Gasteiger partial charge on any atom is 0.253 e. The minimum Gasteiger partial charge on any atom is -0.478 e. The smallest absolute Gasteiger partial charge is 0.253 e. The Hall–Kier alpha value is -1.41. The summed E-state index contributed by atoms with van der Waals surface area (Å²) in [6.45, 7) is 3.97. The Kier molecular flexibility index (Phi) is 10.5. The molecule has 1 amide bonds. The number of hydrogen-bond acceptors (Lipinski definition) is 6. The van der Waals surface area contributed by atoms with Crippen LogP contribution in [0.2, 0.25) is 0 Å². The van der Waals surface area contributed by atoms with Crippen molar-refractivity contribution in [2.75, 3.05) is 32.9 Å². The maximum absolute atomic E-state index is 12.1. The first-order valence-electron chi connectivity index (χ1n) is 8.97. The average Bonchev–Trinajstić information content (AvgIpc) is 2.64. The second kappa shape index (κ2) is 12.1. The monoisotopic (exact) mass is 387 g/mol. The number of rotatable bonds is 9. The quantitative estimate of drug-likeness (QED) is 0.472. The molecule has 7 nitrogen and oxygen atoms in total. The Morgan fingerprint density at radius 1 is 1.35 bits per heavy atom. The van der Waals surface area contributed by atoms with Gasteiger partial charge in [0.25, 0.3) is 5.91 Å². The van der Waals surface area contributed by atoms with Crippen LogP contribution in [0.1, 0.15) is 41.7 Å². The minimum absolute atomic E-state index is 0. The lowest BCUT2D eigenvalue weighted by molar-refractivity contribution is 0.0878. The zero-order chi connectivity index (χ0) is 18.1. The number of pyridine rings is 1. The number of hydrogen-bond donors (Lipinski definition) is 4. The van der Waals surface area contributed by atoms with Crippen LogP contribution >= 0.6 is 12.4 Å². The van der Waals surface area contributed by atoms with Gasteiger partial charge in [-0.15, -0.1) is 12.4 Å². The number of nitrogens with one attached hydrogen (secondary N) is 2. The van der Waals surface area contributed by atoms with Gasteiger partial charge < -0.3 is 25.6 Å². The average molecular weight is 388 g/mol. The highest BCUT2D eigenvalue weighted by Gasteiger charge is 2.16. The lowest BCUT2D eigenvalue weighted by atomic mass is 9.93. The molecule has 0 atom stereocenters. The summed E-state index contributed by atoms with van der Waals surface area (Å²) in [6.07, 6.45) is 4.65. The molecule has 0 aliphatic carbocycles. The van der Waals surface area contributed by atoms with Gasteiger partial charge in [-0.2, -0.15) is 0 Å². The fourth-order valence-electron chi connectivity index (χ4n) is 2.99. The van der Waals surface area contributed by atoms with Crippen LogP contribution in [0.15, 0.2) is 12.1 Å². The Morgan fingerprint density at radius 3 is 2.65 bits per heavy atom. The third kappa shape index (κ3) is 7.07. The number of amides is 1. The largest absolute Gasteiger partial charge is 0.478 e. The van der Waals surface area contributed by atoms with Gasteiger partial charge in [0.05, 0.1) is 37.1 Å². The fraction of sp³-hybridized carbons (Fsp3) is 0.667. The molecule has 0 saturated carbocycles. The van der Waals surface area contributed by atoms with E-state index in [4.69, 9.17) is 14.9 Å². The van der Waals surface area contributed by atoms with Crippen LogP contribution in [-0.4, -0.2) is 60.1 Å². The van der Waals surface area contributed by atoms with Gasteiger partial charge in [-0.1, -0.05) is 0 Å². The summed E-state index contributed by atoms with van der Waals surface area (Å²) < 4.78 is 5.70. The van der Waals surface area contributed by atoms with Gasteiger partial charge in [0.1, 0.15) is 0 Å². The van der Waals surface area contributed by atoms with E-state index < -0.39 is 6.04 Å². The number of aliphatic hydroxyl groups excluding tert-OH is 2. The number of carbonyl (C=O) groups is 1. The molecule has 26 heavy (non-hydrogen) atoms. The van der Waals surface area contributed by atoms with Crippen LogP contribution in [-0.2, 0) is 0 Å². The lowest BCUT2D eigenvalue weighted by Crippen LogP contribution is -2.40. The Bertz CT molecular complexity index is 549. The molecule has 0 bridgehead atoms. The number of ether oxygens (including phenoxy) is 1. The number of aromatic nitrogens is 1. The first kappa shape index (κ1) is 22.6. The summed E-state index contributed by atoms with van der Waals surface area (Å²) in [4.78, 5) is 16.4. The summed E-state index contributed by atoms with van der Waals surface area (Å²) >= 11 is 0. The Morgan fingerprint density at radius 2 is 2.04 bits per heavy atom. The number of halogens is 1. The molecule has 1 aromatic heterocycles. The molecule has 1 saturated heterocycles. The summed E-state index contributed by atoms with van der Waals surface area (Å²) in [5.74, 6) is 0.937. The highest BCUT2D eigenvalue weighted by atomic mass is 35.5. The van der Waals surface area contributed by atoms with Crippen molar-refractivity contribution >= 4 is 18.3 Å². The Labute approximate surface area is 161 Å². The normalized spacial score (nSPS) is 14.8. The highest BCUT2D eigenvalue weighted by molar-refractivity contribution is 5.95. The van der Waals surface area contributed by atoms with E-state index in [2.05, 4.69) is 15.6 Å². The van der Waals surface area contributed by atoms with Crippen LogP contribution in [0.5, 0.6) is 5.88 Å². The molecule has 0 spiro atoms. The first-order chi connectivity index (χ1) is 12.1. The zero-order valence-corrected chi connectivity index (χ0v) is 16.1. The van der Waals surface area contributed by atoms with E-state index in [1.807, 2.05) is 0 Å². The van der Waals surface area contributed by atoms with Crippen LogP contribution in [0.25, 0.3) is 0 Å². The van der Waals surface area contributed by atoms with Gasteiger partial charge in [0.2, 0.25) is 5.88 Å². The molecule has 2 heterocycles. The lowest BCUT2D eigenvalue weighted by Gasteiger charge is -2.22. The molecular weight excluding hydrogens is 358 g/mol. The Balaban J connectivity index is 0.00000338. The van der Waals surface area contributed by atoms with Gasteiger partial charge in [-0.25, -0.2) is 4.98 Å². The molecule has 1 fully saturated rings. The van der Waals surface area contributed by atoms with Crippen molar-refractivity contribution < 1.29 is 19.7 Å². The van der Waals surface area contributed by atoms with Gasteiger partial charge in [-0.3, -0.25) is 4.79 Å². The topological polar surface area (TPSA) is 104 Å². The molecule has 4 N–H and O–H groups in total. The van der Waals surface area contributed by atoms with Crippen molar-refractivity contribution in [3.05, 3.63) is 23.4 Å². The number of aliphatic hydroxyl groups is 2. The third-order valence-electron chi connectivity index (χ3n) is 4.55. The molecule has 0 aromatic carbocycles. The van der Waals surface area contributed by atoms with Gasteiger partial charge in [0.15, 0.2) is 0 Å². The fourth-order valence-corrected chi connectivity index (χ4v) is 2.99. The van der Waals surface area contributed by atoms with E-state index in [1.54, 1.807) is 19.1 Å². The predicted molar refractivity (Wildman–Crippen MR) is 102 cm³/mol. The number of carbonyl (C=O) groups excluding carboxylic acids is 1. The molecular formula is C18H30ClN3O4. The van der Waals surface area contributed by atoms with Crippen molar-refractivity contribution in [3.63, 3.8) is 0 Å². The molecule has 1 aliphatic heterocycles. The van der Waals surface area contributed by atoms with Crippen molar-refractivity contribution in [3.8, 4) is 5.88 Å². The predicted octanol–water partition coefficient (Wildman–Crippen LogP) is 1.05. The van der Waals surface area contributed by atoms with Crippen LogP contribution in [0.4, 0.5) is 0 Å². The second-order valence-corrected chi connectivity index (χ2v) is 6.50. The van der Waals surface area contributed by atoms with E-state index in [0.717, 1.165) is 25.4 Å². The number of nitrogens with zero attached hydrogens (tertiary/aromatic N) is 1. The van der Waals surface area contributed by atoms with Crippen molar-refractivity contribution in [2.24, 2.45) is 5.92 Å². The molecule has 0 unspecified atom stereocenters.